The van der Waals surface area contributed by atoms with E-state index in [9.17, 15) is 0 Å². The van der Waals surface area contributed by atoms with Gasteiger partial charge in [-0.25, -0.2) is 0 Å². The van der Waals surface area contributed by atoms with Gasteiger partial charge in [0.15, 0.2) is 0 Å². The summed E-state index contributed by atoms with van der Waals surface area (Å²) in [5.41, 5.74) is 0. The van der Waals surface area contributed by atoms with Gasteiger partial charge in [0, 0.05) is 124 Å². The largest absolute Gasteiger partial charge is 0 e. The van der Waals surface area contributed by atoms with Crippen molar-refractivity contribution in [1.82, 2.24) is 0 Å². The van der Waals surface area contributed by atoms with Crippen molar-refractivity contribution in [3.8, 4) is 0 Å². The molecule has 0 aromatic rings. The first-order valence-electron chi connectivity index (χ1n) is 0. The molecule has 0 amide bonds. The summed E-state index contributed by atoms with van der Waals surface area (Å²) in [6.07, 6.45) is 0. The molecule has 0 fully saturated rings. The molecule has 53 valence electrons. The molecule has 0 aliphatic rings. The fraction of sp³-hybridized carbons (Fsp3) is 0. The Hall–Kier alpha value is 4.01. The molecule has 6 heavy (non-hydrogen) atoms. The van der Waals surface area contributed by atoms with E-state index in [4.69, 9.17) is 0 Å². The van der Waals surface area contributed by atoms with Gasteiger partial charge < -0.3 is 0 Å². The van der Waals surface area contributed by atoms with Crippen LogP contribution in [0.5, 0.6) is 0 Å². The van der Waals surface area contributed by atoms with Crippen molar-refractivity contribution in [2.24, 2.45) is 0 Å². The Kier molecular flexibility index (Phi) is 303. The van der Waals surface area contributed by atoms with E-state index in [0.29, 0.717) is 0 Å². The monoisotopic (exact) mass is 888 g/mol. The Bertz CT molecular complexity index is 15.5. The van der Waals surface area contributed by atoms with Gasteiger partial charge in [-0.15, -0.1) is 0 Å². The number of rotatable bonds is 0. The molecular formula is AuIrMoPtRhRu. The van der Waals surface area contributed by atoms with E-state index in [0.717, 1.165) is 0 Å². The fourth-order valence-electron chi connectivity index (χ4n) is 0. The van der Waals surface area contributed by atoms with Crippen LogP contribution in [0.2, 0.25) is 0 Å². The minimum absolute atomic E-state index is 0. The van der Waals surface area contributed by atoms with Crippen LogP contribution in [0.1, 0.15) is 0 Å². The standard InChI is InChI=1S/Au.Ir.Mo.Pt.Rh.Ru. The maximum atomic E-state index is 0. The van der Waals surface area contributed by atoms with E-state index in [1.165, 1.54) is 0 Å². The van der Waals surface area contributed by atoms with Gasteiger partial charge in [0.2, 0.25) is 0 Å². The number of hydrogen-bond donors (Lipinski definition) is 0. The Labute approximate surface area is 121 Å². The predicted octanol–water partition coefficient (Wildman–Crippen LogP) is -0.0150. The molecule has 0 N–H and O–H groups in total. The van der Waals surface area contributed by atoms with Gasteiger partial charge in [0.25, 0.3) is 0 Å². The first kappa shape index (κ1) is 50.5. The average molecular weight is 884 g/mol. The molecule has 0 bridgehead atoms. The quantitative estimate of drug-likeness (QED) is 0.301. The Balaban J connectivity index is 0. The molecule has 0 unspecified atom stereocenters. The molecule has 0 aromatic carbocycles. The van der Waals surface area contributed by atoms with E-state index in [2.05, 4.69) is 0 Å². The fourth-order valence-corrected chi connectivity index (χ4v) is 0. The van der Waals surface area contributed by atoms with Crippen LogP contribution in [-0.4, -0.2) is 0 Å². The summed E-state index contributed by atoms with van der Waals surface area (Å²) in [6, 6.07) is 0. The van der Waals surface area contributed by atoms with E-state index >= 15 is 0 Å². The normalized spacial score (nSPS) is 0. The third-order valence-electron chi connectivity index (χ3n) is 0. The summed E-state index contributed by atoms with van der Waals surface area (Å²) >= 11 is 0. The molecular weight excluding hydrogens is 884 g/mol. The zero-order valence-corrected chi connectivity index (χ0v) is 14.3. The molecule has 0 nitrogen and oxygen atoms in total. The second kappa shape index (κ2) is 35.9. The summed E-state index contributed by atoms with van der Waals surface area (Å²) in [7, 11) is 0. The third kappa shape index (κ3) is 24.5. The van der Waals surface area contributed by atoms with Gasteiger partial charge in [-0.3, -0.25) is 0 Å². The van der Waals surface area contributed by atoms with Crippen molar-refractivity contribution in [1.29, 1.82) is 0 Å². The Morgan fingerprint density at radius 2 is 1.00 bits per heavy atom. The molecule has 0 heterocycles. The van der Waals surface area contributed by atoms with Crippen LogP contribution in [0.15, 0.2) is 0 Å². The minimum atomic E-state index is 0. The molecule has 0 atom stereocenters. The topological polar surface area (TPSA) is 0 Å². The minimum Gasteiger partial charge on any atom is 0 e. The van der Waals surface area contributed by atoms with Gasteiger partial charge in [-0.05, 0) is 0 Å². The summed E-state index contributed by atoms with van der Waals surface area (Å²) in [5, 5.41) is 0. The molecule has 0 saturated carbocycles. The van der Waals surface area contributed by atoms with Gasteiger partial charge in [0.1, 0.15) is 0 Å². The van der Waals surface area contributed by atoms with Crippen LogP contribution in [0.25, 0.3) is 0 Å². The maximum Gasteiger partial charge on any atom is 0 e. The molecule has 6 heteroatoms. The van der Waals surface area contributed by atoms with Crippen LogP contribution in [-0.2, 0) is 124 Å². The predicted molar refractivity (Wildman–Crippen MR) is 0 cm³/mol. The average Bonchev–Trinajstić information content (AvgIpc) is 0. The summed E-state index contributed by atoms with van der Waals surface area (Å²) in [4.78, 5) is 0. The SMILES string of the molecule is [Au].[Ir].[Mo].[Pt].[Rh].[Ru]. The van der Waals surface area contributed by atoms with Crippen LogP contribution in [0.3, 0.4) is 0 Å². The van der Waals surface area contributed by atoms with Crippen molar-refractivity contribution in [3.63, 3.8) is 0 Å². The summed E-state index contributed by atoms with van der Waals surface area (Å²) in [5.74, 6) is 0. The van der Waals surface area contributed by atoms with Gasteiger partial charge in [0.05, 0.1) is 0 Å². The van der Waals surface area contributed by atoms with Crippen LogP contribution in [0, 0.1) is 0 Å². The maximum absolute atomic E-state index is 0. The van der Waals surface area contributed by atoms with Crippen molar-refractivity contribution < 1.29 is 124 Å². The van der Waals surface area contributed by atoms with Crippen molar-refractivity contribution in [2.75, 3.05) is 0 Å². The molecule has 0 aromatic heterocycles. The first-order chi connectivity index (χ1) is 0. The van der Waals surface area contributed by atoms with E-state index in [-0.39, 0.29) is 124 Å². The summed E-state index contributed by atoms with van der Waals surface area (Å²) in [6.45, 7) is 0. The smallest absolute Gasteiger partial charge is 0 e. The van der Waals surface area contributed by atoms with Gasteiger partial charge in [-0.1, -0.05) is 0 Å². The molecule has 0 rings (SSSR count). The van der Waals surface area contributed by atoms with Crippen LogP contribution >= 0.6 is 0 Å². The van der Waals surface area contributed by atoms with E-state index < -0.39 is 0 Å². The molecule has 0 spiro atoms. The number of hydrogen-bond acceptors (Lipinski definition) is 0. The zero-order chi connectivity index (χ0) is 0. The zero-order valence-electron chi connectivity index (χ0n) is 2.05. The van der Waals surface area contributed by atoms with E-state index in [1.54, 1.807) is 0 Å². The van der Waals surface area contributed by atoms with Crippen molar-refractivity contribution >= 4 is 0 Å². The van der Waals surface area contributed by atoms with Gasteiger partial charge in [-0.2, -0.15) is 0 Å². The molecule has 3 radical (unpaired) electrons. The third-order valence-corrected chi connectivity index (χ3v) is 0. The van der Waals surface area contributed by atoms with Crippen LogP contribution in [0.4, 0.5) is 0 Å². The second-order valence-corrected chi connectivity index (χ2v) is 0. The summed E-state index contributed by atoms with van der Waals surface area (Å²) < 4.78 is 0. The van der Waals surface area contributed by atoms with Crippen molar-refractivity contribution in [3.05, 3.63) is 0 Å². The van der Waals surface area contributed by atoms with E-state index in [1.807, 2.05) is 0 Å². The molecule has 0 saturated heterocycles. The second-order valence-electron chi connectivity index (χ2n) is 0. The van der Waals surface area contributed by atoms with Crippen LogP contribution < -0.4 is 0 Å². The Morgan fingerprint density at radius 3 is 1.00 bits per heavy atom. The first-order valence-corrected chi connectivity index (χ1v) is 0. The molecule has 0 aliphatic heterocycles. The molecule has 0 aliphatic carbocycles. The Morgan fingerprint density at radius 1 is 1.00 bits per heavy atom. The van der Waals surface area contributed by atoms with Crippen molar-refractivity contribution in [2.45, 2.75) is 0 Å². The van der Waals surface area contributed by atoms with Gasteiger partial charge >= 0.3 is 0 Å².